The molecule has 0 aliphatic rings. The summed E-state index contributed by atoms with van der Waals surface area (Å²) in [7, 11) is 3.13. The van der Waals surface area contributed by atoms with Gasteiger partial charge >= 0.3 is 5.97 Å². The monoisotopic (exact) mass is 375 g/mol. The van der Waals surface area contributed by atoms with Gasteiger partial charge in [0.15, 0.2) is 18.1 Å². The second-order valence-electron chi connectivity index (χ2n) is 6.00. The molecule has 0 spiro atoms. The van der Waals surface area contributed by atoms with Gasteiger partial charge in [-0.1, -0.05) is 6.07 Å². The van der Waals surface area contributed by atoms with Gasteiger partial charge in [-0.15, -0.1) is 0 Å². The fraction of sp³-hybridized carbons (Fsp3) is 0.400. The first-order valence-corrected chi connectivity index (χ1v) is 8.62. The Morgan fingerprint density at radius 3 is 2.33 bits per heavy atom. The second kappa shape index (κ2) is 9.12. The number of esters is 1. The van der Waals surface area contributed by atoms with Crippen molar-refractivity contribution in [3.05, 3.63) is 46.9 Å². The third-order valence-electron chi connectivity index (χ3n) is 4.14. The minimum Gasteiger partial charge on any atom is -0.493 e. The lowest BCUT2D eigenvalue weighted by atomic mass is 10.2. The average Bonchev–Trinajstić information content (AvgIpc) is 3.01. The quantitative estimate of drug-likeness (QED) is 0.660. The largest absolute Gasteiger partial charge is 0.493 e. The molecule has 1 aromatic heterocycles. The minimum absolute atomic E-state index is 0.279. The number of furan rings is 1. The summed E-state index contributed by atoms with van der Waals surface area (Å²) >= 11 is 0. The summed E-state index contributed by atoms with van der Waals surface area (Å²) in [5, 5.41) is 0. The highest BCUT2D eigenvalue weighted by Crippen LogP contribution is 2.28. The van der Waals surface area contributed by atoms with Gasteiger partial charge in [-0.05, 0) is 44.5 Å². The van der Waals surface area contributed by atoms with Gasteiger partial charge in [-0.3, -0.25) is 4.79 Å². The molecule has 1 amide bonds. The van der Waals surface area contributed by atoms with Crippen molar-refractivity contribution in [2.24, 2.45) is 0 Å². The highest BCUT2D eigenvalue weighted by Gasteiger charge is 2.19. The highest BCUT2D eigenvalue weighted by atomic mass is 16.5. The molecule has 7 nitrogen and oxygen atoms in total. The molecule has 2 aromatic rings. The van der Waals surface area contributed by atoms with Crippen LogP contribution in [-0.2, 0) is 16.1 Å². The van der Waals surface area contributed by atoms with E-state index < -0.39 is 5.97 Å². The van der Waals surface area contributed by atoms with E-state index in [1.165, 1.54) is 0 Å². The lowest BCUT2D eigenvalue weighted by molar-refractivity contribution is -0.134. The molecule has 0 bridgehead atoms. The van der Waals surface area contributed by atoms with Gasteiger partial charge in [0.2, 0.25) is 0 Å². The molecule has 2 rings (SSSR count). The SMILES string of the molecule is CCN(Cc1ccc(OC)c(OC)c1)C(=O)COC(=O)c1cc(C)oc1C. The number of hydrogen-bond donors (Lipinski definition) is 0. The Morgan fingerprint density at radius 2 is 1.78 bits per heavy atom. The fourth-order valence-corrected chi connectivity index (χ4v) is 2.71. The first-order valence-electron chi connectivity index (χ1n) is 8.62. The van der Waals surface area contributed by atoms with Crippen LogP contribution in [0.1, 0.15) is 34.4 Å². The zero-order chi connectivity index (χ0) is 20.0. The molecule has 0 aliphatic heterocycles. The lowest BCUT2D eigenvalue weighted by Gasteiger charge is -2.21. The van der Waals surface area contributed by atoms with Crippen LogP contribution in [0.5, 0.6) is 11.5 Å². The number of ether oxygens (including phenoxy) is 3. The van der Waals surface area contributed by atoms with Crippen molar-refractivity contribution in [1.82, 2.24) is 4.90 Å². The number of amides is 1. The zero-order valence-corrected chi connectivity index (χ0v) is 16.3. The maximum atomic E-state index is 12.5. The molecule has 0 saturated heterocycles. The Labute approximate surface area is 158 Å². The third-order valence-corrected chi connectivity index (χ3v) is 4.14. The fourth-order valence-electron chi connectivity index (χ4n) is 2.71. The Bertz CT molecular complexity index is 811. The van der Waals surface area contributed by atoms with Crippen LogP contribution in [0.2, 0.25) is 0 Å². The van der Waals surface area contributed by atoms with Crippen molar-refractivity contribution in [3.63, 3.8) is 0 Å². The van der Waals surface area contributed by atoms with E-state index in [1.807, 2.05) is 19.1 Å². The molecule has 0 unspecified atom stereocenters. The van der Waals surface area contributed by atoms with Crippen LogP contribution in [0.15, 0.2) is 28.7 Å². The number of benzene rings is 1. The molecule has 146 valence electrons. The predicted octanol–water partition coefficient (Wildman–Crippen LogP) is 3.12. The third kappa shape index (κ3) is 5.03. The maximum absolute atomic E-state index is 12.5. The number of nitrogens with zero attached hydrogens (tertiary/aromatic N) is 1. The highest BCUT2D eigenvalue weighted by molar-refractivity contribution is 5.92. The van der Waals surface area contributed by atoms with Gasteiger partial charge in [0.05, 0.1) is 14.2 Å². The number of aryl methyl sites for hydroxylation is 2. The van der Waals surface area contributed by atoms with Crippen LogP contribution in [0.25, 0.3) is 0 Å². The number of carbonyl (C=O) groups excluding carboxylic acids is 2. The van der Waals surface area contributed by atoms with Crippen LogP contribution in [-0.4, -0.2) is 44.1 Å². The first-order chi connectivity index (χ1) is 12.9. The smallest absolute Gasteiger partial charge is 0.342 e. The van der Waals surface area contributed by atoms with Crippen molar-refractivity contribution in [2.45, 2.75) is 27.3 Å². The summed E-state index contributed by atoms with van der Waals surface area (Å²) in [6, 6.07) is 7.07. The summed E-state index contributed by atoms with van der Waals surface area (Å²) in [5.41, 5.74) is 1.22. The summed E-state index contributed by atoms with van der Waals surface area (Å²) in [6.45, 7) is 5.82. The molecular formula is C20H25NO6. The van der Waals surface area contributed by atoms with Crippen LogP contribution in [0.3, 0.4) is 0 Å². The number of hydrogen-bond acceptors (Lipinski definition) is 6. The van der Waals surface area contributed by atoms with Crippen molar-refractivity contribution in [3.8, 4) is 11.5 Å². The molecule has 0 atom stereocenters. The topological polar surface area (TPSA) is 78.2 Å². The van der Waals surface area contributed by atoms with Gasteiger partial charge in [0.25, 0.3) is 5.91 Å². The van der Waals surface area contributed by atoms with Gasteiger partial charge in [-0.2, -0.15) is 0 Å². The van der Waals surface area contributed by atoms with Gasteiger partial charge in [-0.25, -0.2) is 4.79 Å². The summed E-state index contributed by atoms with van der Waals surface area (Å²) in [6.07, 6.45) is 0. The van der Waals surface area contributed by atoms with Crippen LogP contribution < -0.4 is 9.47 Å². The Morgan fingerprint density at radius 1 is 1.07 bits per heavy atom. The van der Waals surface area contributed by atoms with Gasteiger partial charge in [0, 0.05) is 13.1 Å². The molecule has 0 aliphatic carbocycles. The van der Waals surface area contributed by atoms with E-state index in [2.05, 4.69) is 0 Å². The Balaban J connectivity index is 1.99. The van der Waals surface area contributed by atoms with Gasteiger partial charge < -0.3 is 23.5 Å². The lowest BCUT2D eigenvalue weighted by Crippen LogP contribution is -2.34. The summed E-state index contributed by atoms with van der Waals surface area (Å²) < 4.78 is 21.0. The molecule has 1 heterocycles. The number of rotatable bonds is 8. The van der Waals surface area contributed by atoms with E-state index in [0.717, 1.165) is 5.56 Å². The second-order valence-corrected chi connectivity index (χ2v) is 6.00. The Hall–Kier alpha value is -2.96. The van der Waals surface area contributed by atoms with E-state index in [1.54, 1.807) is 45.1 Å². The predicted molar refractivity (Wildman–Crippen MR) is 99.1 cm³/mol. The van der Waals surface area contributed by atoms with E-state index in [4.69, 9.17) is 18.6 Å². The molecule has 1 aromatic carbocycles. The maximum Gasteiger partial charge on any atom is 0.342 e. The van der Waals surface area contributed by atoms with Crippen molar-refractivity contribution < 1.29 is 28.2 Å². The molecule has 0 radical (unpaired) electrons. The van der Waals surface area contributed by atoms with Crippen LogP contribution in [0, 0.1) is 13.8 Å². The minimum atomic E-state index is -0.570. The number of likely N-dealkylation sites (N-methyl/N-ethyl adjacent to an activating group) is 1. The zero-order valence-electron chi connectivity index (χ0n) is 16.3. The molecule has 7 heteroatoms. The van der Waals surface area contributed by atoms with E-state index >= 15 is 0 Å². The average molecular weight is 375 g/mol. The van der Waals surface area contributed by atoms with Crippen molar-refractivity contribution >= 4 is 11.9 Å². The first kappa shape index (κ1) is 20.4. The number of methoxy groups -OCH3 is 2. The summed E-state index contributed by atoms with van der Waals surface area (Å²) in [5.74, 6) is 1.46. The number of carbonyl (C=O) groups is 2. The van der Waals surface area contributed by atoms with E-state index in [-0.39, 0.29) is 12.5 Å². The van der Waals surface area contributed by atoms with E-state index in [0.29, 0.717) is 41.7 Å². The van der Waals surface area contributed by atoms with Crippen molar-refractivity contribution in [2.75, 3.05) is 27.4 Å². The molecule has 0 N–H and O–H groups in total. The molecular weight excluding hydrogens is 350 g/mol. The molecule has 0 saturated carbocycles. The summed E-state index contributed by atoms with van der Waals surface area (Å²) in [4.78, 5) is 26.2. The molecule has 27 heavy (non-hydrogen) atoms. The van der Waals surface area contributed by atoms with E-state index in [9.17, 15) is 9.59 Å². The van der Waals surface area contributed by atoms with Crippen LogP contribution in [0.4, 0.5) is 0 Å². The molecule has 0 fully saturated rings. The van der Waals surface area contributed by atoms with Gasteiger partial charge in [0.1, 0.15) is 17.1 Å². The standard InChI is InChI=1S/C20H25NO6/c1-6-21(11-15-7-8-17(24-4)18(10-15)25-5)19(22)12-26-20(23)16-9-13(2)27-14(16)3/h7-10H,6,11-12H2,1-5H3. The van der Waals surface area contributed by atoms with Crippen LogP contribution >= 0.6 is 0 Å². The van der Waals surface area contributed by atoms with Crippen molar-refractivity contribution in [1.29, 1.82) is 0 Å². The normalized spacial score (nSPS) is 10.4. The Kier molecular flexibility index (Phi) is 6.87.